The van der Waals surface area contributed by atoms with Crippen molar-refractivity contribution in [1.82, 2.24) is 10.2 Å². The molecule has 1 heterocycles. The molecule has 0 saturated heterocycles. The molecule has 0 N–H and O–H groups in total. The molecule has 17 heavy (non-hydrogen) atoms. The fourth-order valence-electron chi connectivity index (χ4n) is 0.987. The maximum atomic E-state index is 11.5. The Morgan fingerprint density at radius 2 is 2.29 bits per heavy atom. The number of ether oxygens (including phenoxy) is 1. The molecule has 0 aliphatic heterocycles. The lowest BCUT2D eigenvalue weighted by Gasteiger charge is -2.07. The number of aromatic nitrogens is 2. The van der Waals surface area contributed by atoms with Crippen LogP contribution in [0.5, 0.6) is 0 Å². The first-order chi connectivity index (χ1) is 8.17. The van der Waals surface area contributed by atoms with Gasteiger partial charge in [-0.25, -0.2) is 0 Å². The predicted octanol–water partition coefficient (Wildman–Crippen LogP) is 2.37. The van der Waals surface area contributed by atoms with Crippen molar-refractivity contribution >= 4 is 29.5 Å². The van der Waals surface area contributed by atoms with Crippen LogP contribution in [0.2, 0.25) is 0 Å². The van der Waals surface area contributed by atoms with Crippen LogP contribution in [0.15, 0.2) is 9.64 Å². The zero-order valence-electron chi connectivity index (χ0n) is 10.1. The lowest BCUT2D eigenvalue weighted by Crippen LogP contribution is -2.17. The van der Waals surface area contributed by atoms with Crippen molar-refractivity contribution in [3.05, 3.63) is 5.89 Å². The molecule has 1 aromatic heterocycles. The summed E-state index contributed by atoms with van der Waals surface area (Å²) in [5.74, 6) is 1.01. The highest BCUT2D eigenvalue weighted by atomic mass is 32.2. The third kappa shape index (κ3) is 4.99. The Kier molecular flexibility index (Phi) is 6.43. The lowest BCUT2D eigenvalue weighted by atomic mass is 10.5. The van der Waals surface area contributed by atoms with E-state index in [0.717, 1.165) is 6.42 Å². The summed E-state index contributed by atoms with van der Waals surface area (Å²) in [4.78, 5) is 11.5. The monoisotopic (exact) mass is 276 g/mol. The number of hydrogen-bond donors (Lipinski definition) is 0. The van der Waals surface area contributed by atoms with E-state index in [2.05, 4.69) is 10.2 Å². The molecule has 7 heteroatoms. The van der Waals surface area contributed by atoms with Gasteiger partial charge in [-0.15, -0.1) is 10.2 Å². The Labute approximate surface area is 109 Å². The van der Waals surface area contributed by atoms with Gasteiger partial charge in [-0.2, -0.15) is 11.8 Å². The molecular weight excluding hydrogens is 260 g/mol. The number of carbonyl (C=O) groups is 1. The predicted molar refractivity (Wildman–Crippen MR) is 68.1 cm³/mol. The maximum absolute atomic E-state index is 11.5. The molecule has 0 saturated carbocycles. The van der Waals surface area contributed by atoms with Gasteiger partial charge in [0.2, 0.25) is 5.89 Å². The van der Waals surface area contributed by atoms with Crippen LogP contribution < -0.4 is 0 Å². The first-order valence-electron chi connectivity index (χ1n) is 5.32. The van der Waals surface area contributed by atoms with E-state index in [-0.39, 0.29) is 11.2 Å². The summed E-state index contributed by atoms with van der Waals surface area (Å²) in [6, 6.07) is 0. The topological polar surface area (TPSA) is 65.2 Å². The van der Waals surface area contributed by atoms with Crippen molar-refractivity contribution in [2.75, 3.05) is 12.9 Å². The molecule has 96 valence electrons. The van der Waals surface area contributed by atoms with Crippen molar-refractivity contribution < 1.29 is 13.9 Å². The molecule has 0 unspecified atom stereocenters. The summed E-state index contributed by atoms with van der Waals surface area (Å²) in [5.41, 5.74) is 0. The lowest BCUT2D eigenvalue weighted by molar-refractivity contribution is -0.142. The van der Waals surface area contributed by atoms with Gasteiger partial charge in [0, 0.05) is 0 Å². The van der Waals surface area contributed by atoms with Gasteiger partial charge in [-0.3, -0.25) is 4.79 Å². The Bertz CT molecular complexity index is 357. The third-order valence-corrected chi connectivity index (χ3v) is 3.22. The second-order valence-corrected chi connectivity index (χ2v) is 5.48. The van der Waals surface area contributed by atoms with Gasteiger partial charge in [0.1, 0.15) is 5.25 Å². The van der Waals surface area contributed by atoms with Crippen LogP contribution in [-0.2, 0) is 15.3 Å². The number of carbonyl (C=O) groups excluding carboxylic acids is 1. The minimum Gasteiger partial charge on any atom is -0.465 e. The summed E-state index contributed by atoms with van der Waals surface area (Å²) in [6.45, 7) is 4.17. The van der Waals surface area contributed by atoms with Crippen molar-refractivity contribution in [2.45, 2.75) is 36.5 Å². The summed E-state index contributed by atoms with van der Waals surface area (Å²) in [7, 11) is 0. The van der Waals surface area contributed by atoms with Crippen molar-refractivity contribution in [2.24, 2.45) is 0 Å². The van der Waals surface area contributed by atoms with Crippen molar-refractivity contribution in [1.29, 1.82) is 0 Å². The van der Waals surface area contributed by atoms with Gasteiger partial charge in [0.05, 0.1) is 12.4 Å². The first-order valence-corrected chi connectivity index (χ1v) is 7.59. The minimum absolute atomic E-state index is 0.249. The Morgan fingerprint density at radius 1 is 1.53 bits per heavy atom. The Balaban J connectivity index is 2.43. The molecule has 1 aromatic rings. The summed E-state index contributed by atoms with van der Waals surface area (Å²) < 4.78 is 10.4. The molecule has 5 nitrogen and oxygen atoms in total. The average molecular weight is 276 g/mol. The van der Waals surface area contributed by atoms with Gasteiger partial charge < -0.3 is 9.15 Å². The summed E-state index contributed by atoms with van der Waals surface area (Å²) in [6.07, 6.45) is 2.78. The Hall–Kier alpha value is -0.690. The van der Waals surface area contributed by atoms with E-state index >= 15 is 0 Å². The quantitative estimate of drug-likeness (QED) is 0.559. The number of hydrogen-bond acceptors (Lipinski definition) is 7. The van der Waals surface area contributed by atoms with Crippen LogP contribution in [0, 0.1) is 0 Å². The minimum atomic E-state index is -0.330. The highest BCUT2D eigenvalue weighted by Crippen LogP contribution is 2.23. The standard InChI is InChI=1S/C10H16N2O3S2/c1-4-5-14-9(13)7(2)17-10-12-11-8(15-10)6-16-3/h7H,4-6H2,1-3H3/t7-/m0/s1. The smallest absolute Gasteiger partial charge is 0.319 e. The molecule has 1 rings (SSSR count). The highest BCUT2D eigenvalue weighted by Gasteiger charge is 2.19. The van der Waals surface area contributed by atoms with E-state index in [0.29, 0.717) is 23.5 Å². The first kappa shape index (κ1) is 14.4. The molecule has 0 aromatic carbocycles. The second kappa shape index (κ2) is 7.60. The van der Waals surface area contributed by atoms with E-state index < -0.39 is 0 Å². The fraction of sp³-hybridized carbons (Fsp3) is 0.700. The largest absolute Gasteiger partial charge is 0.465 e. The zero-order valence-corrected chi connectivity index (χ0v) is 11.8. The second-order valence-electron chi connectivity index (χ2n) is 3.32. The van der Waals surface area contributed by atoms with Crippen LogP contribution in [0.1, 0.15) is 26.2 Å². The van der Waals surface area contributed by atoms with E-state index in [4.69, 9.17) is 9.15 Å². The van der Waals surface area contributed by atoms with E-state index in [9.17, 15) is 4.79 Å². The van der Waals surface area contributed by atoms with Gasteiger partial charge in [-0.1, -0.05) is 18.7 Å². The van der Waals surface area contributed by atoms with E-state index in [1.807, 2.05) is 13.2 Å². The molecule has 0 radical (unpaired) electrons. The molecule has 0 bridgehead atoms. The highest BCUT2D eigenvalue weighted by molar-refractivity contribution is 8.00. The van der Waals surface area contributed by atoms with Crippen LogP contribution in [0.25, 0.3) is 0 Å². The molecule has 0 amide bonds. The average Bonchev–Trinajstić information content (AvgIpc) is 2.74. The molecule has 0 fully saturated rings. The third-order valence-electron chi connectivity index (χ3n) is 1.77. The number of esters is 1. The normalized spacial score (nSPS) is 12.4. The summed E-state index contributed by atoms with van der Waals surface area (Å²) >= 11 is 2.83. The molecule has 0 aliphatic carbocycles. The van der Waals surface area contributed by atoms with Gasteiger partial charge in [0.25, 0.3) is 5.22 Å². The fourth-order valence-corrected chi connectivity index (χ4v) is 2.05. The Morgan fingerprint density at radius 3 is 2.94 bits per heavy atom. The number of rotatable bonds is 7. The number of nitrogens with zero attached hydrogens (tertiary/aromatic N) is 2. The molecule has 0 aliphatic rings. The van der Waals surface area contributed by atoms with Gasteiger partial charge in [0.15, 0.2) is 0 Å². The molecule has 0 spiro atoms. The summed E-state index contributed by atoms with van der Waals surface area (Å²) in [5, 5.41) is 7.82. The van der Waals surface area contributed by atoms with Crippen molar-refractivity contribution in [3.8, 4) is 0 Å². The van der Waals surface area contributed by atoms with Gasteiger partial charge in [-0.05, 0) is 19.6 Å². The zero-order chi connectivity index (χ0) is 12.7. The molecule has 1 atom stereocenters. The van der Waals surface area contributed by atoms with Crippen LogP contribution >= 0.6 is 23.5 Å². The van der Waals surface area contributed by atoms with Crippen LogP contribution in [0.4, 0.5) is 0 Å². The number of thioether (sulfide) groups is 2. The van der Waals surface area contributed by atoms with Crippen LogP contribution in [0.3, 0.4) is 0 Å². The van der Waals surface area contributed by atoms with E-state index in [1.54, 1.807) is 18.7 Å². The van der Waals surface area contributed by atoms with Gasteiger partial charge >= 0.3 is 5.97 Å². The van der Waals surface area contributed by atoms with Crippen molar-refractivity contribution in [3.63, 3.8) is 0 Å². The van der Waals surface area contributed by atoms with Crippen LogP contribution in [-0.4, -0.2) is 34.3 Å². The van der Waals surface area contributed by atoms with E-state index in [1.165, 1.54) is 11.8 Å². The maximum Gasteiger partial charge on any atom is 0.319 e. The molecular formula is C10H16N2O3S2. The SMILES string of the molecule is CCCOC(=O)[C@H](C)Sc1nnc(CSC)o1.